The molecule has 22 heavy (non-hydrogen) atoms. The minimum absolute atomic E-state index is 0.0808. The molecule has 6 heteroatoms. The fraction of sp³-hybridized carbons (Fsp3) is 0.188. The van der Waals surface area contributed by atoms with Gasteiger partial charge in [-0.1, -0.05) is 24.3 Å². The van der Waals surface area contributed by atoms with Gasteiger partial charge in [-0.25, -0.2) is 8.42 Å². The fourth-order valence-electron chi connectivity index (χ4n) is 2.02. The lowest BCUT2D eigenvalue weighted by atomic mass is 10.2. The third-order valence-corrected chi connectivity index (χ3v) is 4.12. The number of hydrogen-bond donors (Lipinski definition) is 1. The number of rotatable bonds is 5. The van der Waals surface area contributed by atoms with Crippen molar-refractivity contribution >= 4 is 21.4 Å². The van der Waals surface area contributed by atoms with Gasteiger partial charge in [0.25, 0.3) is 5.91 Å². The van der Waals surface area contributed by atoms with Crippen molar-refractivity contribution < 1.29 is 17.9 Å². The van der Waals surface area contributed by atoms with Crippen LogP contribution in [0.5, 0.6) is 5.75 Å². The van der Waals surface area contributed by atoms with Crippen LogP contribution in [0.2, 0.25) is 0 Å². The van der Waals surface area contributed by atoms with E-state index in [1.54, 1.807) is 42.5 Å². The Balaban J connectivity index is 2.35. The quantitative estimate of drug-likeness (QED) is 0.920. The lowest BCUT2D eigenvalue weighted by Gasteiger charge is -2.12. The molecule has 116 valence electrons. The first-order valence-corrected chi connectivity index (χ1v) is 8.65. The number of benzene rings is 2. The summed E-state index contributed by atoms with van der Waals surface area (Å²) in [5.41, 5.74) is 0.606. The van der Waals surface area contributed by atoms with Gasteiger partial charge in [0.2, 0.25) is 0 Å². The molecule has 0 fully saturated rings. The van der Waals surface area contributed by atoms with E-state index in [1.165, 1.54) is 6.07 Å². The van der Waals surface area contributed by atoms with Gasteiger partial charge >= 0.3 is 0 Å². The Morgan fingerprint density at radius 2 is 1.73 bits per heavy atom. The first kappa shape index (κ1) is 16.0. The second-order valence-electron chi connectivity index (χ2n) is 4.65. The molecular formula is C16H17NO4S. The van der Waals surface area contributed by atoms with Crippen LogP contribution in [0.1, 0.15) is 17.3 Å². The molecule has 0 radical (unpaired) electrons. The zero-order valence-corrected chi connectivity index (χ0v) is 13.2. The predicted molar refractivity (Wildman–Crippen MR) is 85.1 cm³/mol. The molecule has 0 aliphatic carbocycles. The van der Waals surface area contributed by atoms with Gasteiger partial charge < -0.3 is 10.1 Å². The van der Waals surface area contributed by atoms with Crippen LogP contribution in [0.4, 0.5) is 5.69 Å². The number of carbonyl (C=O) groups is 1. The number of amides is 1. The van der Waals surface area contributed by atoms with Crippen molar-refractivity contribution in [3.05, 3.63) is 54.1 Å². The van der Waals surface area contributed by atoms with Gasteiger partial charge in [-0.15, -0.1) is 0 Å². The topological polar surface area (TPSA) is 72.5 Å². The summed E-state index contributed by atoms with van der Waals surface area (Å²) in [6.07, 6.45) is 1.10. The summed E-state index contributed by atoms with van der Waals surface area (Å²) in [5.74, 6) is 0.0412. The van der Waals surface area contributed by atoms with Crippen molar-refractivity contribution in [2.24, 2.45) is 0 Å². The highest BCUT2D eigenvalue weighted by Crippen LogP contribution is 2.24. The zero-order valence-electron chi connectivity index (χ0n) is 12.4. The molecule has 0 atom stereocenters. The van der Waals surface area contributed by atoms with Crippen LogP contribution in [0.15, 0.2) is 53.4 Å². The van der Waals surface area contributed by atoms with Crippen LogP contribution in [0, 0.1) is 0 Å². The number of para-hydroxylation sites is 2. The first-order valence-electron chi connectivity index (χ1n) is 6.75. The maximum absolute atomic E-state index is 12.4. The summed E-state index contributed by atoms with van der Waals surface area (Å²) >= 11 is 0. The molecule has 0 saturated heterocycles. The van der Waals surface area contributed by atoms with E-state index in [0.717, 1.165) is 6.26 Å². The van der Waals surface area contributed by atoms with E-state index in [1.807, 2.05) is 6.92 Å². The Morgan fingerprint density at radius 3 is 2.41 bits per heavy atom. The average Bonchev–Trinajstić information content (AvgIpc) is 2.47. The molecule has 0 spiro atoms. The van der Waals surface area contributed by atoms with Gasteiger partial charge in [-0.2, -0.15) is 0 Å². The Bertz CT molecular complexity index is 784. The summed E-state index contributed by atoms with van der Waals surface area (Å²) in [5, 5.41) is 2.63. The second-order valence-corrected chi connectivity index (χ2v) is 6.64. The molecule has 0 aliphatic rings. The molecule has 0 saturated carbocycles. The van der Waals surface area contributed by atoms with Gasteiger partial charge in [-0.05, 0) is 31.2 Å². The highest BCUT2D eigenvalue weighted by molar-refractivity contribution is 7.90. The fourth-order valence-corrected chi connectivity index (χ4v) is 2.86. The standard InChI is InChI=1S/C16H17NO4S/c1-3-21-14-10-6-4-8-12(14)16(18)17-13-9-5-7-11-15(13)22(2,19)20/h4-11H,3H2,1-2H3,(H,17,18). The predicted octanol–water partition coefficient (Wildman–Crippen LogP) is 2.74. The van der Waals surface area contributed by atoms with E-state index in [0.29, 0.717) is 17.9 Å². The number of sulfone groups is 1. The van der Waals surface area contributed by atoms with E-state index >= 15 is 0 Å². The molecule has 0 heterocycles. The van der Waals surface area contributed by atoms with Crippen LogP contribution in [-0.2, 0) is 9.84 Å². The molecule has 0 unspecified atom stereocenters. The van der Waals surface area contributed by atoms with Crippen LogP contribution in [0.3, 0.4) is 0 Å². The van der Waals surface area contributed by atoms with E-state index in [2.05, 4.69) is 5.32 Å². The van der Waals surface area contributed by atoms with Crippen molar-refractivity contribution in [3.63, 3.8) is 0 Å². The van der Waals surface area contributed by atoms with E-state index < -0.39 is 15.7 Å². The first-order chi connectivity index (χ1) is 10.4. The van der Waals surface area contributed by atoms with Crippen molar-refractivity contribution in [2.75, 3.05) is 18.2 Å². The molecule has 1 N–H and O–H groups in total. The monoisotopic (exact) mass is 319 g/mol. The van der Waals surface area contributed by atoms with Gasteiger partial charge in [0.15, 0.2) is 9.84 Å². The number of carbonyl (C=O) groups excluding carboxylic acids is 1. The molecule has 0 aromatic heterocycles. The summed E-state index contributed by atoms with van der Waals surface area (Å²) in [6, 6.07) is 13.1. The smallest absolute Gasteiger partial charge is 0.259 e. The van der Waals surface area contributed by atoms with Crippen molar-refractivity contribution in [3.8, 4) is 5.75 Å². The largest absolute Gasteiger partial charge is 0.493 e. The molecule has 5 nitrogen and oxygen atoms in total. The van der Waals surface area contributed by atoms with E-state index in [4.69, 9.17) is 4.74 Å². The van der Waals surface area contributed by atoms with Crippen molar-refractivity contribution in [1.82, 2.24) is 0 Å². The summed E-state index contributed by atoms with van der Waals surface area (Å²) < 4.78 is 28.9. The van der Waals surface area contributed by atoms with Crippen molar-refractivity contribution in [2.45, 2.75) is 11.8 Å². The highest BCUT2D eigenvalue weighted by atomic mass is 32.2. The van der Waals surface area contributed by atoms with Crippen LogP contribution >= 0.6 is 0 Å². The molecule has 0 aliphatic heterocycles. The van der Waals surface area contributed by atoms with Crippen LogP contribution < -0.4 is 10.1 Å². The van der Waals surface area contributed by atoms with Gasteiger partial charge in [0.1, 0.15) is 5.75 Å². The number of ether oxygens (including phenoxy) is 1. The second kappa shape index (κ2) is 6.62. The number of anilines is 1. The lowest BCUT2D eigenvalue weighted by Crippen LogP contribution is -2.15. The van der Waals surface area contributed by atoms with Gasteiger partial charge in [-0.3, -0.25) is 4.79 Å². The van der Waals surface area contributed by atoms with Gasteiger partial charge in [0, 0.05) is 6.26 Å². The van der Waals surface area contributed by atoms with Crippen LogP contribution in [-0.4, -0.2) is 27.2 Å². The average molecular weight is 319 g/mol. The number of nitrogens with one attached hydrogen (secondary N) is 1. The Labute approximate surface area is 129 Å². The maximum Gasteiger partial charge on any atom is 0.259 e. The normalized spacial score (nSPS) is 11.0. The summed E-state index contributed by atoms with van der Waals surface area (Å²) in [4.78, 5) is 12.5. The SMILES string of the molecule is CCOc1ccccc1C(=O)Nc1ccccc1S(C)(=O)=O. The molecule has 0 bridgehead atoms. The highest BCUT2D eigenvalue weighted by Gasteiger charge is 2.17. The van der Waals surface area contributed by atoms with Crippen LogP contribution in [0.25, 0.3) is 0 Å². The molecule has 2 rings (SSSR count). The Morgan fingerprint density at radius 1 is 1.09 bits per heavy atom. The van der Waals surface area contributed by atoms with Crippen molar-refractivity contribution in [1.29, 1.82) is 0 Å². The molecule has 2 aromatic rings. The molecular weight excluding hydrogens is 302 g/mol. The molecule has 2 aromatic carbocycles. The number of hydrogen-bond acceptors (Lipinski definition) is 4. The van der Waals surface area contributed by atoms with Gasteiger partial charge in [0.05, 0.1) is 22.8 Å². The minimum Gasteiger partial charge on any atom is -0.493 e. The van der Waals surface area contributed by atoms with E-state index in [9.17, 15) is 13.2 Å². The summed E-state index contributed by atoms with van der Waals surface area (Å²) in [6.45, 7) is 2.26. The Kier molecular flexibility index (Phi) is 4.82. The molecule has 1 amide bonds. The zero-order chi connectivity index (χ0) is 16.2. The maximum atomic E-state index is 12.4. The Hall–Kier alpha value is -2.34. The lowest BCUT2D eigenvalue weighted by molar-refractivity contribution is 0.102. The third-order valence-electron chi connectivity index (χ3n) is 2.97. The minimum atomic E-state index is -3.43. The third kappa shape index (κ3) is 3.65. The van der Waals surface area contributed by atoms with E-state index in [-0.39, 0.29) is 10.6 Å². The summed E-state index contributed by atoms with van der Waals surface area (Å²) in [7, 11) is -3.43.